The van der Waals surface area contributed by atoms with E-state index in [1.807, 2.05) is 0 Å². The third-order valence-corrected chi connectivity index (χ3v) is 2.93. The number of esters is 1. The Balaban J connectivity index is 2.38. The van der Waals surface area contributed by atoms with Crippen molar-refractivity contribution in [1.29, 1.82) is 0 Å². The predicted molar refractivity (Wildman–Crippen MR) is 63.3 cm³/mol. The molecule has 0 bridgehead atoms. The van der Waals surface area contributed by atoms with E-state index in [1.54, 1.807) is 6.92 Å². The highest BCUT2D eigenvalue weighted by atomic mass is 79.9. The molecule has 1 aromatic carbocycles. The second kappa shape index (κ2) is 5.43. The van der Waals surface area contributed by atoms with Crippen LogP contribution in [0, 0.1) is 11.6 Å². The van der Waals surface area contributed by atoms with Crippen molar-refractivity contribution < 1.29 is 22.8 Å². The van der Waals surface area contributed by atoms with Crippen LogP contribution in [0.4, 0.5) is 8.78 Å². The lowest BCUT2D eigenvalue weighted by molar-refractivity contribution is 0.0470. The zero-order valence-corrected chi connectivity index (χ0v) is 11.2. The van der Waals surface area contributed by atoms with Gasteiger partial charge in [0.15, 0.2) is 11.6 Å². The van der Waals surface area contributed by atoms with Crippen molar-refractivity contribution in [2.75, 3.05) is 6.61 Å². The zero-order chi connectivity index (χ0) is 14.0. The summed E-state index contributed by atoms with van der Waals surface area (Å²) in [6, 6.07) is 2.19. The number of nitrogens with zero attached hydrogens (tertiary/aromatic N) is 2. The molecule has 0 atom stereocenters. The van der Waals surface area contributed by atoms with Crippen molar-refractivity contribution in [3.8, 4) is 11.4 Å². The minimum atomic E-state index is -1.07. The summed E-state index contributed by atoms with van der Waals surface area (Å²) in [4.78, 5) is 15.1. The van der Waals surface area contributed by atoms with Gasteiger partial charge in [0, 0.05) is 5.56 Å². The highest BCUT2D eigenvalue weighted by molar-refractivity contribution is 9.10. The molecule has 5 nitrogen and oxygen atoms in total. The van der Waals surface area contributed by atoms with Gasteiger partial charge in [0.05, 0.1) is 11.1 Å². The average molecular weight is 333 g/mol. The third-order valence-electron chi connectivity index (χ3n) is 2.15. The van der Waals surface area contributed by atoms with E-state index in [9.17, 15) is 13.6 Å². The number of halogens is 3. The molecule has 0 N–H and O–H groups in total. The summed E-state index contributed by atoms with van der Waals surface area (Å²) in [5, 5.41) is 3.52. The van der Waals surface area contributed by atoms with Gasteiger partial charge in [-0.05, 0) is 35.0 Å². The van der Waals surface area contributed by atoms with Crippen LogP contribution in [0.5, 0.6) is 0 Å². The first kappa shape index (κ1) is 13.6. The van der Waals surface area contributed by atoms with E-state index in [2.05, 4.69) is 35.3 Å². The Hall–Kier alpha value is -1.83. The summed E-state index contributed by atoms with van der Waals surface area (Å²) in [6.45, 7) is 1.78. The minimum Gasteiger partial charge on any atom is -0.459 e. The molecule has 0 spiro atoms. The van der Waals surface area contributed by atoms with Crippen LogP contribution in [0.1, 0.15) is 17.6 Å². The first-order chi connectivity index (χ1) is 9.04. The number of benzene rings is 1. The average Bonchev–Trinajstić information content (AvgIpc) is 2.86. The van der Waals surface area contributed by atoms with Gasteiger partial charge in [-0.2, -0.15) is 4.98 Å². The summed E-state index contributed by atoms with van der Waals surface area (Å²) < 4.78 is 35.5. The second-order valence-corrected chi connectivity index (χ2v) is 4.16. The fraction of sp³-hybridized carbons (Fsp3) is 0.182. The molecule has 0 radical (unpaired) electrons. The molecular weight excluding hydrogens is 326 g/mol. The van der Waals surface area contributed by atoms with Gasteiger partial charge < -0.3 is 9.26 Å². The van der Waals surface area contributed by atoms with Crippen molar-refractivity contribution in [3.05, 3.63) is 34.1 Å². The number of aromatic nitrogens is 2. The highest BCUT2D eigenvalue weighted by Gasteiger charge is 2.20. The summed E-state index contributed by atoms with van der Waals surface area (Å²) in [7, 11) is 0. The molecule has 100 valence electrons. The number of ether oxygens (including phenoxy) is 1. The van der Waals surface area contributed by atoms with Crippen molar-refractivity contribution in [2.45, 2.75) is 6.92 Å². The Morgan fingerprint density at radius 2 is 2.21 bits per heavy atom. The monoisotopic (exact) mass is 332 g/mol. The maximum absolute atomic E-state index is 13.4. The van der Waals surface area contributed by atoms with Gasteiger partial charge in [-0.3, -0.25) is 0 Å². The van der Waals surface area contributed by atoms with E-state index in [0.29, 0.717) is 0 Å². The Morgan fingerprint density at radius 1 is 1.47 bits per heavy atom. The van der Waals surface area contributed by atoms with Crippen LogP contribution in [0.2, 0.25) is 0 Å². The summed E-state index contributed by atoms with van der Waals surface area (Å²) in [5.74, 6) is -3.26. The van der Waals surface area contributed by atoms with Crippen molar-refractivity contribution >= 4 is 21.9 Å². The predicted octanol–water partition coefficient (Wildman–Crippen LogP) is 2.95. The van der Waals surface area contributed by atoms with E-state index in [0.717, 1.165) is 6.07 Å². The van der Waals surface area contributed by atoms with Crippen LogP contribution in [-0.4, -0.2) is 22.7 Å². The first-order valence-electron chi connectivity index (χ1n) is 5.19. The number of hydrogen-bond donors (Lipinski definition) is 0. The molecule has 1 heterocycles. The summed E-state index contributed by atoms with van der Waals surface area (Å²) in [5.41, 5.74) is 0.165. The maximum atomic E-state index is 13.4. The second-order valence-electron chi connectivity index (χ2n) is 3.37. The van der Waals surface area contributed by atoms with Gasteiger partial charge in [0.1, 0.15) is 0 Å². The maximum Gasteiger partial charge on any atom is 0.397 e. The fourth-order valence-corrected chi connectivity index (χ4v) is 1.81. The summed E-state index contributed by atoms with van der Waals surface area (Å²) >= 11 is 2.89. The molecule has 0 aliphatic rings. The molecule has 0 saturated carbocycles. The molecule has 2 aromatic rings. The molecule has 0 aliphatic carbocycles. The zero-order valence-electron chi connectivity index (χ0n) is 9.61. The van der Waals surface area contributed by atoms with Crippen LogP contribution in [0.3, 0.4) is 0 Å². The van der Waals surface area contributed by atoms with Gasteiger partial charge >= 0.3 is 11.9 Å². The molecule has 19 heavy (non-hydrogen) atoms. The minimum absolute atomic E-state index is 0.0474. The van der Waals surface area contributed by atoms with Crippen LogP contribution >= 0.6 is 15.9 Å². The smallest absolute Gasteiger partial charge is 0.397 e. The standard InChI is InChI=1S/C11H7BrF2N2O3/c1-2-18-11(17)10-15-9(16-19-10)5-3-4-6(13)8(14)7(5)12/h3-4H,2H2,1H3. The molecule has 2 rings (SSSR count). The number of carbonyl (C=O) groups is 1. The Kier molecular flexibility index (Phi) is 3.89. The van der Waals surface area contributed by atoms with Crippen LogP contribution in [0.15, 0.2) is 21.1 Å². The number of rotatable bonds is 3. The molecule has 0 fully saturated rings. The van der Waals surface area contributed by atoms with Crippen LogP contribution < -0.4 is 0 Å². The first-order valence-corrected chi connectivity index (χ1v) is 5.98. The van der Waals surface area contributed by atoms with E-state index in [-0.39, 0.29) is 28.4 Å². The Morgan fingerprint density at radius 3 is 2.89 bits per heavy atom. The quantitative estimate of drug-likeness (QED) is 0.638. The highest BCUT2D eigenvalue weighted by Crippen LogP contribution is 2.29. The Labute approximate surface area is 114 Å². The molecule has 0 aliphatic heterocycles. The molecule has 0 saturated heterocycles. The molecule has 0 amide bonds. The lowest BCUT2D eigenvalue weighted by Crippen LogP contribution is -2.04. The van der Waals surface area contributed by atoms with E-state index < -0.39 is 17.6 Å². The normalized spacial score (nSPS) is 10.5. The van der Waals surface area contributed by atoms with Gasteiger partial charge in [-0.15, -0.1) is 0 Å². The lowest BCUT2D eigenvalue weighted by Gasteiger charge is -2.00. The van der Waals surface area contributed by atoms with Crippen molar-refractivity contribution in [2.24, 2.45) is 0 Å². The largest absolute Gasteiger partial charge is 0.459 e. The number of carbonyl (C=O) groups excluding carboxylic acids is 1. The van der Waals surface area contributed by atoms with Gasteiger partial charge in [-0.25, -0.2) is 13.6 Å². The van der Waals surface area contributed by atoms with Gasteiger partial charge in [0.2, 0.25) is 5.82 Å². The van der Waals surface area contributed by atoms with Crippen LogP contribution in [0.25, 0.3) is 11.4 Å². The van der Waals surface area contributed by atoms with E-state index in [1.165, 1.54) is 6.07 Å². The van der Waals surface area contributed by atoms with Gasteiger partial charge in [-0.1, -0.05) is 5.16 Å². The third kappa shape index (κ3) is 2.62. The SMILES string of the molecule is CCOC(=O)c1nc(-c2ccc(F)c(F)c2Br)no1. The van der Waals surface area contributed by atoms with Crippen LogP contribution in [-0.2, 0) is 4.74 Å². The molecular formula is C11H7BrF2N2O3. The Bertz CT molecular complexity index is 630. The van der Waals surface area contributed by atoms with E-state index in [4.69, 9.17) is 0 Å². The number of hydrogen-bond acceptors (Lipinski definition) is 5. The van der Waals surface area contributed by atoms with Crippen molar-refractivity contribution in [3.63, 3.8) is 0 Å². The lowest BCUT2D eigenvalue weighted by atomic mass is 10.2. The molecule has 8 heteroatoms. The topological polar surface area (TPSA) is 65.2 Å². The molecule has 1 aromatic heterocycles. The van der Waals surface area contributed by atoms with Gasteiger partial charge in [0.25, 0.3) is 0 Å². The summed E-state index contributed by atoms with van der Waals surface area (Å²) in [6.07, 6.45) is 0. The fourth-order valence-electron chi connectivity index (χ4n) is 1.31. The molecule has 0 unspecified atom stereocenters. The van der Waals surface area contributed by atoms with E-state index >= 15 is 0 Å². The van der Waals surface area contributed by atoms with Crippen molar-refractivity contribution in [1.82, 2.24) is 10.1 Å².